The first kappa shape index (κ1) is 16.7. The summed E-state index contributed by atoms with van der Waals surface area (Å²) in [5.74, 6) is -0.0105. The number of hydrogen-bond acceptors (Lipinski definition) is 1. The van der Waals surface area contributed by atoms with Crippen LogP contribution < -0.4 is 10.2 Å². The molecule has 2 aromatic rings. The van der Waals surface area contributed by atoms with Crippen LogP contribution >= 0.6 is 0 Å². The lowest BCUT2D eigenvalue weighted by atomic mass is 10.1. The molecule has 126 valence electrons. The third-order valence-corrected chi connectivity index (χ3v) is 5.01. The highest BCUT2D eigenvalue weighted by Crippen LogP contribution is 2.10. The fourth-order valence-electron chi connectivity index (χ4n) is 3.28. The largest absolute Gasteiger partial charge is 0.348 e. The van der Waals surface area contributed by atoms with Crippen molar-refractivity contribution in [1.82, 2.24) is 5.32 Å². The lowest BCUT2D eigenvalue weighted by Gasteiger charge is -2.12. The molecule has 24 heavy (non-hydrogen) atoms. The van der Waals surface area contributed by atoms with Crippen LogP contribution in [0, 0.1) is 13.8 Å². The highest BCUT2D eigenvalue weighted by atomic mass is 16.1. The Kier molecular flexibility index (Phi) is 5.31. The highest BCUT2D eigenvalue weighted by molar-refractivity contribution is 5.94. The molecule has 1 fully saturated rings. The van der Waals surface area contributed by atoms with Crippen LogP contribution in [-0.4, -0.2) is 19.0 Å². The van der Waals surface area contributed by atoms with Gasteiger partial charge in [0, 0.05) is 30.5 Å². The Labute approximate surface area is 144 Å². The third-order valence-electron chi connectivity index (χ3n) is 5.01. The minimum atomic E-state index is -0.0105. The van der Waals surface area contributed by atoms with Gasteiger partial charge in [-0.25, -0.2) is 0 Å². The van der Waals surface area contributed by atoms with Crippen molar-refractivity contribution in [1.29, 1.82) is 0 Å². The van der Waals surface area contributed by atoms with Gasteiger partial charge in [0.25, 0.3) is 5.91 Å². The first-order valence-corrected chi connectivity index (χ1v) is 8.88. The molecule has 2 aromatic carbocycles. The van der Waals surface area contributed by atoms with Gasteiger partial charge in [0.2, 0.25) is 0 Å². The molecule has 1 aliphatic heterocycles. The second-order valence-corrected chi connectivity index (χ2v) is 6.93. The molecule has 2 N–H and O–H groups in total. The van der Waals surface area contributed by atoms with Crippen LogP contribution in [0.2, 0.25) is 0 Å². The zero-order chi connectivity index (χ0) is 16.9. The Balaban J connectivity index is 1.53. The van der Waals surface area contributed by atoms with Gasteiger partial charge in [-0.05, 0) is 42.7 Å². The molecule has 0 aliphatic carbocycles. The van der Waals surface area contributed by atoms with Crippen molar-refractivity contribution in [3.8, 4) is 0 Å². The molecule has 3 heteroatoms. The van der Waals surface area contributed by atoms with Crippen molar-refractivity contribution in [2.24, 2.45) is 0 Å². The number of carbonyl (C=O) groups is 1. The summed E-state index contributed by atoms with van der Waals surface area (Å²) in [5.41, 5.74) is 5.62. The Bertz CT molecular complexity index is 700. The number of hydrogen-bond donors (Lipinski definition) is 2. The molecule has 1 amide bonds. The Morgan fingerprint density at radius 1 is 0.958 bits per heavy atom. The maximum Gasteiger partial charge on any atom is 0.251 e. The van der Waals surface area contributed by atoms with Gasteiger partial charge in [0.05, 0.1) is 13.1 Å². The Morgan fingerprint density at radius 2 is 1.62 bits per heavy atom. The molecule has 0 atom stereocenters. The van der Waals surface area contributed by atoms with Gasteiger partial charge in [-0.2, -0.15) is 0 Å². The molecule has 1 saturated heterocycles. The van der Waals surface area contributed by atoms with Gasteiger partial charge >= 0.3 is 0 Å². The summed E-state index contributed by atoms with van der Waals surface area (Å²) in [7, 11) is 0. The zero-order valence-corrected chi connectivity index (χ0v) is 14.7. The number of likely N-dealkylation sites (tertiary alicyclic amines) is 1. The normalized spacial score (nSPS) is 14.8. The van der Waals surface area contributed by atoms with Crippen LogP contribution in [0.1, 0.15) is 45.5 Å². The SMILES string of the molecule is Cc1ccc(C(=O)NCc2ccc(C[NH+]3CCCC3)cc2)cc1C. The fraction of sp³-hybridized carbons (Fsp3) is 0.381. The van der Waals surface area contributed by atoms with Gasteiger partial charge in [0.15, 0.2) is 0 Å². The second-order valence-electron chi connectivity index (χ2n) is 6.93. The summed E-state index contributed by atoms with van der Waals surface area (Å²) in [5, 5.41) is 3.01. The van der Waals surface area contributed by atoms with Crippen LogP contribution in [0.3, 0.4) is 0 Å². The summed E-state index contributed by atoms with van der Waals surface area (Å²) < 4.78 is 0. The molecular weight excluding hydrogens is 296 g/mol. The summed E-state index contributed by atoms with van der Waals surface area (Å²) in [6.07, 6.45) is 2.72. The van der Waals surface area contributed by atoms with E-state index in [0.717, 1.165) is 23.2 Å². The van der Waals surface area contributed by atoms with Crippen molar-refractivity contribution in [3.05, 3.63) is 70.3 Å². The van der Waals surface area contributed by atoms with E-state index in [2.05, 4.69) is 36.5 Å². The topological polar surface area (TPSA) is 33.5 Å². The van der Waals surface area contributed by atoms with Gasteiger partial charge in [-0.1, -0.05) is 30.3 Å². The Hall–Kier alpha value is -2.13. The second kappa shape index (κ2) is 7.63. The zero-order valence-electron chi connectivity index (χ0n) is 14.7. The molecule has 0 radical (unpaired) electrons. The predicted molar refractivity (Wildman–Crippen MR) is 97.2 cm³/mol. The van der Waals surface area contributed by atoms with Gasteiger partial charge in [0.1, 0.15) is 6.54 Å². The van der Waals surface area contributed by atoms with Crippen molar-refractivity contribution >= 4 is 5.91 Å². The third kappa shape index (κ3) is 4.24. The minimum Gasteiger partial charge on any atom is -0.348 e. The first-order chi connectivity index (χ1) is 11.6. The molecule has 3 rings (SSSR count). The molecule has 0 aromatic heterocycles. The molecule has 1 heterocycles. The van der Waals surface area contributed by atoms with Crippen LogP contribution in [0.4, 0.5) is 0 Å². The van der Waals surface area contributed by atoms with E-state index in [1.54, 1.807) is 4.90 Å². The number of benzene rings is 2. The Morgan fingerprint density at radius 3 is 2.29 bits per heavy atom. The average Bonchev–Trinajstić information content (AvgIpc) is 3.09. The molecular formula is C21H27N2O+. The summed E-state index contributed by atoms with van der Waals surface area (Å²) >= 11 is 0. The van der Waals surface area contributed by atoms with Crippen LogP contribution in [0.5, 0.6) is 0 Å². The van der Waals surface area contributed by atoms with Crippen molar-refractivity contribution in [2.45, 2.75) is 39.8 Å². The number of amides is 1. The number of quaternary nitrogens is 1. The van der Waals surface area contributed by atoms with Crippen LogP contribution in [0.25, 0.3) is 0 Å². The van der Waals surface area contributed by atoms with E-state index in [0.29, 0.717) is 6.54 Å². The maximum absolute atomic E-state index is 12.3. The summed E-state index contributed by atoms with van der Waals surface area (Å²) in [6.45, 7) is 8.38. The molecule has 3 nitrogen and oxygen atoms in total. The lowest BCUT2D eigenvalue weighted by Crippen LogP contribution is -3.08. The number of rotatable bonds is 5. The highest BCUT2D eigenvalue weighted by Gasteiger charge is 2.15. The first-order valence-electron chi connectivity index (χ1n) is 8.88. The van der Waals surface area contributed by atoms with Crippen molar-refractivity contribution in [2.75, 3.05) is 13.1 Å². The van der Waals surface area contributed by atoms with E-state index in [1.807, 2.05) is 25.1 Å². The van der Waals surface area contributed by atoms with Crippen molar-refractivity contribution < 1.29 is 9.69 Å². The molecule has 1 aliphatic rings. The number of carbonyl (C=O) groups excluding carboxylic acids is 1. The van der Waals surface area contributed by atoms with Crippen LogP contribution in [0.15, 0.2) is 42.5 Å². The maximum atomic E-state index is 12.3. The van der Waals surface area contributed by atoms with E-state index in [1.165, 1.54) is 37.1 Å². The van der Waals surface area contributed by atoms with E-state index < -0.39 is 0 Å². The van der Waals surface area contributed by atoms with E-state index >= 15 is 0 Å². The van der Waals surface area contributed by atoms with E-state index in [-0.39, 0.29) is 5.91 Å². The molecule has 0 spiro atoms. The quantitative estimate of drug-likeness (QED) is 0.870. The monoisotopic (exact) mass is 323 g/mol. The van der Waals surface area contributed by atoms with Crippen LogP contribution in [-0.2, 0) is 13.1 Å². The number of aryl methyl sites for hydroxylation is 2. The molecule has 0 unspecified atom stereocenters. The number of nitrogens with one attached hydrogen (secondary N) is 2. The summed E-state index contributed by atoms with van der Waals surface area (Å²) in [6, 6.07) is 14.5. The summed E-state index contributed by atoms with van der Waals surface area (Å²) in [4.78, 5) is 14.0. The average molecular weight is 323 g/mol. The molecule has 0 bridgehead atoms. The smallest absolute Gasteiger partial charge is 0.251 e. The van der Waals surface area contributed by atoms with Gasteiger partial charge < -0.3 is 10.2 Å². The molecule has 0 saturated carbocycles. The van der Waals surface area contributed by atoms with Crippen molar-refractivity contribution in [3.63, 3.8) is 0 Å². The predicted octanol–water partition coefficient (Wildman–Crippen LogP) is 2.41. The minimum absolute atomic E-state index is 0.0105. The van der Waals surface area contributed by atoms with Gasteiger partial charge in [-0.15, -0.1) is 0 Å². The standard InChI is InChI=1S/C21H26N2O/c1-16-5-10-20(13-17(16)2)21(24)22-14-18-6-8-19(9-7-18)15-23-11-3-4-12-23/h5-10,13H,3-4,11-12,14-15H2,1-2H3,(H,22,24)/p+1. The van der Waals surface area contributed by atoms with E-state index in [9.17, 15) is 4.79 Å². The lowest BCUT2D eigenvalue weighted by molar-refractivity contribution is -0.901. The fourth-order valence-corrected chi connectivity index (χ4v) is 3.28. The van der Waals surface area contributed by atoms with Gasteiger partial charge in [-0.3, -0.25) is 4.79 Å². The van der Waals surface area contributed by atoms with E-state index in [4.69, 9.17) is 0 Å².